The number of nitro benzene ring substituents is 1. The molecule has 0 atom stereocenters. The molecule has 0 saturated heterocycles. The van der Waals surface area contributed by atoms with Crippen LogP contribution in [0.3, 0.4) is 0 Å². The number of carbonyl (C=O) groups is 2. The Morgan fingerprint density at radius 2 is 1.62 bits per heavy atom. The zero-order chi connectivity index (χ0) is 18.9. The summed E-state index contributed by atoms with van der Waals surface area (Å²) in [4.78, 5) is 33.6. The minimum atomic E-state index is -0.490. The number of nitro groups is 1. The summed E-state index contributed by atoms with van der Waals surface area (Å²) in [6, 6.07) is 11.3. The Balaban J connectivity index is 1.66. The molecular formula is C17H16FN3O4S. The van der Waals surface area contributed by atoms with Gasteiger partial charge in [-0.05, 0) is 29.8 Å². The Hall–Kier alpha value is -2.94. The Morgan fingerprint density at radius 1 is 1.00 bits per heavy atom. The molecule has 9 heteroatoms. The number of halogens is 1. The van der Waals surface area contributed by atoms with Crippen molar-refractivity contribution >= 4 is 35.0 Å². The lowest BCUT2D eigenvalue weighted by Crippen LogP contribution is -2.25. The second kappa shape index (κ2) is 9.52. The van der Waals surface area contributed by atoms with Crippen molar-refractivity contribution in [3.05, 3.63) is 70.0 Å². The maximum absolute atomic E-state index is 12.8. The third kappa shape index (κ3) is 6.52. The molecule has 0 heterocycles. The molecule has 7 nitrogen and oxygen atoms in total. The number of nitrogens with one attached hydrogen (secondary N) is 2. The van der Waals surface area contributed by atoms with Crippen molar-refractivity contribution in [2.75, 3.05) is 16.8 Å². The van der Waals surface area contributed by atoms with Crippen LogP contribution in [0.25, 0.3) is 0 Å². The van der Waals surface area contributed by atoms with E-state index < -0.39 is 4.92 Å². The first kappa shape index (κ1) is 19.4. The predicted molar refractivity (Wildman–Crippen MR) is 97.3 cm³/mol. The largest absolute Gasteiger partial charge is 0.351 e. The van der Waals surface area contributed by atoms with Crippen molar-refractivity contribution < 1.29 is 18.9 Å². The molecule has 0 spiro atoms. The van der Waals surface area contributed by atoms with Crippen molar-refractivity contribution in [2.45, 2.75) is 6.54 Å². The summed E-state index contributed by atoms with van der Waals surface area (Å²) in [6.45, 7) is 0.249. The number of carbonyl (C=O) groups excluding carboxylic acids is 2. The highest BCUT2D eigenvalue weighted by Gasteiger charge is 2.07. The zero-order valence-corrected chi connectivity index (χ0v) is 14.4. The normalized spacial score (nSPS) is 10.2. The van der Waals surface area contributed by atoms with Gasteiger partial charge >= 0.3 is 0 Å². The minimum absolute atomic E-state index is 0.0113. The molecule has 0 fully saturated rings. The number of non-ortho nitro benzene ring substituents is 1. The highest BCUT2D eigenvalue weighted by Crippen LogP contribution is 2.12. The minimum Gasteiger partial charge on any atom is -0.351 e. The van der Waals surface area contributed by atoms with E-state index in [1.54, 1.807) is 12.1 Å². The lowest BCUT2D eigenvalue weighted by Gasteiger charge is -2.06. The monoisotopic (exact) mass is 377 g/mol. The van der Waals surface area contributed by atoms with E-state index in [-0.39, 0.29) is 41.4 Å². The first-order chi connectivity index (χ1) is 12.4. The van der Waals surface area contributed by atoms with Crippen LogP contribution < -0.4 is 10.6 Å². The molecule has 0 aliphatic heterocycles. The van der Waals surface area contributed by atoms with E-state index in [0.29, 0.717) is 5.69 Å². The molecule has 0 bridgehead atoms. The lowest BCUT2D eigenvalue weighted by atomic mass is 10.2. The molecule has 0 unspecified atom stereocenters. The first-order valence-corrected chi connectivity index (χ1v) is 8.72. The van der Waals surface area contributed by atoms with Crippen LogP contribution >= 0.6 is 11.8 Å². The SMILES string of the molecule is O=C(CSCC(=O)Nc1ccc(F)cc1)NCc1ccc([N+](=O)[O-])cc1. The lowest BCUT2D eigenvalue weighted by molar-refractivity contribution is -0.384. The fourth-order valence-corrected chi connectivity index (χ4v) is 2.60. The maximum atomic E-state index is 12.8. The molecule has 2 N–H and O–H groups in total. The topological polar surface area (TPSA) is 101 Å². The highest BCUT2D eigenvalue weighted by atomic mass is 32.2. The third-order valence-electron chi connectivity index (χ3n) is 3.23. The molecule has 0 saturated carbocycles. The van der Waals surface area contributed by atoms with Crippen LogP contribution in [0.15, 0.2) is 48.5 Å². The van der Waals surface area contributed by atoms with Gasteiger partial charge in [-0.25, -0.2) is 4.39 Å². The van der Waals surface area contributed by atoms with E-state index in [1.165, 1.54) is 36.4 Å². The quantitative estimate of drug-likeness (QED) is 0.544. The number of anilines is 1. The van der Waals surface area contributed by atoms with Gasteiger partial charge in [0.1, 0.15) is 5.82 Å². The van der Waals surface area contributed by atoms with Gasteiger partial charge in [-0.2, -0.15) is 0 Å². The van der Waals surface area contributed by atoms with Crippen LogP contribution in [0, 0.1) is 15.9 Å². The van der Waals surface area contributed by atoms with Crippen molar-refractivity contribution in [2.24, 2.45) is 0 Å². The molecule has 0 radical (unpaired) electrons. The number of hydrogen-bond acceptors (Lipinski definition) is 5. The first-order valence-electron chi connectivity index (χ1n) is 7.57. The van der Waals surface area contributed by atoms with Gasteiger partial charge in [0.05, 0.1) is 16.4 Å². The third-order valence-corrected chi connectivity index (χ3v) is 4.16. The summed E-state index contributed by atoms with van der Waals surface area (Å²) in [5.74, 6) is -0.735. The Morgan fingerprint density at radius 3 is 2.23 bits per heavy atom. The fraction of sp³-hybridized carbons (Fsp3) is 0.176. The fourth-order valence-electron chi connectivity index (χ4n) is 1.95. The number of thioether (sulfide) groups is 1. The van der Waals surface area contributed by atoms with Gasteiger partial charge in [0.2, 0.25) is 11.8 Å². The standard InChI is InChI=1S/C17H16FN3O4S/c18-13-3-5-14(6-4-13)20-17(23)11-26-10-16(22)19-9-12-1-7-15(8-2-12)21(24)25/h1-8H,9-11H2,(H,19,22)(H,20,23). The van der Waals surface area contributed by atoms with Crippen LogP contribution in [-0.2, 0) is 16.1 Å². The molecule has 0 aliphatic rings. The number of benzene rings is 2. The van der Waals surface area contributed by atoms with E-state index in [4.69, 9.17) is 0 Å². The molecule has 2 aromatic carbocycles. The average Bonchev–Trinajstić information content (AvgIpc) is 2.62. The van der Waals surface area contributed by atoms with E-state index in [0.717, 1.165) is 17.3 Å². The summed E-state index contributed by atoms with van der Waals surface area (Å²) >= 11 is 1.15. The van der Waals surface area contributed by atoms with Crippen molar-refractivity contribution in [3.63, 3.8) is 0 Å². The van der Waals surface area contributed by atoms with Crippen LogP contribution in [0.1, 0.15) is 5.56 Å². The molecule has 26 heavy (non-hydrogen) atoms. The second-order valence-corrected chi connectivity index (χ2v) is 6.23. The second-order valence-electron chi connectivity index (χ2n) is 5.25. The van der Waals surface area contributed by atoms with Gasteiger partial charge in [-0.15, -0.1) is 11.8 Å². The van der Waals surface area contributed by atoms with Gasteiger partial charge in [-0.3, -0.25) is 19.7 Å². The van der Waals surface area contributed by atoms with Gasteiger partial charge in [0.25, 0.3) is 5.69 Å². The van der Waals surface area contributed by atoms with E-state index >= 15 is 0 Å². The number of hydrogen-bond donors (Lipinski definition) is 2. The van der Waals surface area contributed by atoms with Crippen molar-refractivity contribution in [1.29, 1.82) is 0 Å². The maximum Gasteiger partial charge on any atom is 0.269 e. The number of rotatable bonds is 8. The average molecular weight is 377 g/mol. The molecule has 2 amide bonds. The van der Waals surface area contributed by atoms with E-state index in [2.05, 4.69) is 10.6 Å². The van der Waals surface area contributed by atoms with E-state index in [9.17, 15) is 24.1 Å². The van der Waals surface area contributed by atoms with Crippen molar-refractivity contribution in [3.8, 4) is 0 Å². The molecule has 0 aromatic heterocycles. The van der Waals surface area contributed by atoms with Crippen molar-refractivity contribution in [1.82, 2.24) is 5.32 Å². The molecule has 2 rings (SSSR count). The Bertz CT molecular complexity index is 782. The van der Waals surface area contributed by atoms with Gasteiger partial charge in [-0.1, -0.05) is 12.1 Å². The predicted octanol–water partition coefficient (Wildman–Crippen LogP) is 2.72. The van der Waals surface area contributed by atoms with Crippen LogP contribution in [0.4, 0.5) is 15.8 Å². The van der Waals surface area contributed by atoms with Gasteiger partial charge in [0.15, 0.2) is 0 Å². The smallest absolute Gasteiger partial charge is 0.269 e. The zero-order valence-electron chi connectivity index (χ0n) is 13.6. The van der Waals surface area contributed by atoms with Crippen LogP contribution in [0.2, 0.25) is 0 Å². The number of nitrogens with zero attached hydrogens (tertiary/aromatic N) is 1. The van der Waals surface area contributed by atoms with E-state index in [1.807, 2.05) is 0 Å². The van der Waals surface area contributed by atoms with Crippen LogP contribution in [-0.4, -0.2) is 28.2 Å². The van der Waals surface area contributed by atoms with Gasteiger partial charge < -0.3 is 10.6 Å². The van der Waals surface area contributed by atoms with Crippen LogP contribution in [0.5, 0.6) is 0 Å². The highest BCUT2D eigenvalue weighted by molar-refractivity contribution is 8.00. The molecular weight excluding hydrogens is 361 g/mol. The summed E-state index contributed by atoms with van der Waals surface area (Å²) in [6.07, 6.45) is 0. The molecule has 2 aromatic rings. The summed E-state index contributed by atoms with van der Waals surface area (Å²) in [7, 11) is 0. The Labute approximate surface area is 153 Å². The Kier molecular flexibility index (Phi) is 7.10. The number of amides is 2. The molecule has 0 aliphatic carbocycles. The summed E-state index contributed by atoms with van der Waals surface area (Å²) in [5.41, 5.74) is 1.21. The summed E-state index contributed by atoms with van der Waals surface area (Å²) < 4.78 is 12.8. The van der Waals surface area contributed by atoms with Gasteiger partial charge in [0, 0.05) is 24.4 Å². The summed E-state index contributed by atoms with van der Waals surface area (Å²) in [5, 5.41) is 15.8. The molecule has 136 valence electrons.